The van der Waals surface area contributed by atoms with Crippen molar-refractivity contribution in [1.29, 1.82) is 0 Å². The lowest BCUT2D eigenvalue weighted by Gasteiger charge is -2.07. The van der Waals surface area contributed by atoms with E-state index in [1.165, 1.54) is 18.3 Å². The molecule has 0 spiro atoms. The fourth-order valence-corrected chi connectivity index (χ4v) is 1.59. The molecule has 0 atom stereocenters. The Kier molecular flexibility index (Phi) is 2.87. The molecule has 1 aromatic carbocycles. The van der Waals surface area contributed by atoms with Crippen LogP contribution in [0.3, 0.4) is 0 Å². The van der Waals surface area contributed by atoms with Crippen molar-refractivity contribution in [3.8, 4) is 11.4 Å². The van der Waals surface area contributed by atoms with Crippen LogP contribution in [0.1, 0.15) is 5.56 Å². The van der Waals surface area contributed by atoms with Crippen LogP contribution in [0.2, 0.25) is 5.15 Å². The third-order valence-corrected chi connectivity index (χ3v) is 2.75. The maximum absolute atomic E-state index is 12.4. The lowest BCUT2D eigenvalue weighted by Crippen LogP contribution is -2.04. The molecule has 0 bridgehead atoms. The van der Waals surface area contributed by atoms with E-state index >= 15 is 0 Å². The number of imidazole rings is 1. The van der Waals surface area contributed by atoms with Gasteiger partial charge in [0.05, 0.1) is 11.8 Å². The number of halogens is 4. The second kappa shape index (κ2) is 4.07. The van der Waals surface area contributed by atoms with Crippen LogP contribution in [0.15, 0.2) is 30.5 Å². The van der Waals surface area contributed by atoms with Gasteiger partial charge in [-0.1, -0.05) is 23.7 Å². The van der Waals surface area contributed by atoms with Gasteiger partial charge in [-0.25, -0.2) is 4.98 Å². The van der Waals surface area contributed by atoms with E-state index in [4.69, 9.17) is 11.6 Å². The van der Waals surface area contributed by atoms with Gasteiger partial charge in [-0.2, -0.15) is 13.2 Å². The highest BCUT2D eigenvalue weighted by molar-refractivity contribution is 6.29. The molecule has 0 aliphatic carbocycles. The fourth-order valence-electron chi connectivity index (χ4n) is 1.47. The third-order valence-electron chi connectivity index (χ3n) is 2.40. The zero-order valence-corrected chi connectivity index (χ0v) is 9.55. The van der Waals surface area contributed by atoms with Crippen molar-refractivity contribution in [3.05, 3.63) is 41.2 Å². The van der Waals surface area contributed by atoms with Gasteiger partial charge in [-0.15, -0.1) is 0 Å². The zero-order valence-electron chi connectivity index (χ0n) is 8.79. The Morgan fingerprint density at radius 1 is 1.18 bits per heavy atom. The van der Waals surface area contributed by atoms with Crippen LogP contribution in [0.5, 0.6) is 0 Å². The summed E-state index contributed by atoms with van der Waals surface area (Å²) in [5.41, 5.74) is -0.0889. The summed E-state index contributed by atoms with van der Waals surface area (Å²) < 4.78 is 38.7. The molecule has 0 unspecified atom stereocenters. The van der Waals surface area contributed by atoms with E-state index in [1.807, 2.05) is 0 Å². The molecule has 0 fully saturated rings. The molecule has 1 heterocycles. The van der Waals surface area contributed by atoms with E-state index in [-0.39, 0.29) is 0 Å². The first kappa shape index (κ1) is 12.0. The van der Waals surface area contributed by atoms with Crippen LogP contribution in [0.4, 0.5) is 13.2 Å². The molecule has 0 amide bonds. The van der Waals surface area contributed by atoms with E-state index in [0.717, 1.165) is 12.1 Å². The van der Waals surface area contributed by atoms with Crippen molar-refractivity contribution in [2.75, 3.05) is 0 Å². The predicted octanol–water partition coefficient (Wildman–Crippen LogP) is 3.76. The summed E-state index contributed by atoms with van der Waals surface area (Å²) in [7, 11) is 1.70. The second-order valence-electron chi connectivity index (χ2n) is 3.54. The van der Waals surface area contributed by atoms with Gasteiger partial charge in [-0.3, -0.25) is 0 Å². The molecule has 0 N–H and O–H groups in total. The van der Waals surface area contributed by atoms with Gasteiger partial charge < -0.3 is 4.57 Å². The Labute approximate surface area is 101 Å². The van der Waals surface area contributed by atoms with Crippen molar-refractivity contribution in [2.45, 2.75) is 6.18 Å². The van der Waals surface area contributed by atoms with Gasteiger partial charge in [0.2, 0.25) is 0 Å². The van der Waals surface area contributed by atoms with Gasteiger partial charge in [0.15, 0.2) is 0 Å². The number of rotatable bonds is 1. The molecule has 0 saturated carbocycles. The molecule has 2 rings (SSSR count). The first-order valence-corrected chi connectivity index (χ1v) is 5.12. The normalized spacial score (nSPS) is 11.8. The molecule has 0 radical (unpaired) electrons. The minimum absolute atomic E-state index is 0.430. The Morgan fingerprint density at radius 3 is 2.18 bits per heavy atom. The first-order chi connectivity index (χ1) is 7.89. The highest BCUT2D eigenvalue weighted by atomic mass is 35.5. The van der Waals surface area contributed by atoms with Crippen LogP contribution in [-0.2, 0) is 13.2 Å². The number of alkyl halides is 3. The molecule has 2 nitrogen and oxygen atoms in total. The molecule has 90 valence electrons. The highest BCUT2D eigenvalue weighted by Crippen LogP contribution is 2.30. The van der Waals surface area contributed by atoms with Crippen LogP contribution in [0, 0.1) is 0 Å². The van der Waals surface area contributed by atoms with E-state index in [0.29, 0.717) is 16.5 Å². The van der Waals surface area contributed by atoms with Crippen molar-refractivity contribution < 1.29 is 13.2 Å². The smallest absolute Gasteiger partial charge is 0.318 e. The molecule has 0 aliphatic heterocycles. The SMILES string of the molecule is Cn1c(Cl)cnc1-c1ccc(C(F)(F)F)cc1. The maximum Gasteiger partial charge on any atom is 0.416 e. The highest BCUT2D eigenvalue weighted by Gasteiger charge is 2.30. The molecular weight excluding hydrogens is 253 g/mol. The minimum Gasteiger partial charge on any atom is -0.318 e. The summed E-state index contributed by atoms with van der Waals surface area (Å²) in [4.78, 5) is 4.03. The maximum atomic E-state index is 12.4. The Hall–Kier alpha value is -1.49. The predicted molar refractivity (Wildman–Crippen MR) is 58.7 cm³/mol. The molecule has 0 aliphatic rings. The van der Waals surface area contributed by atoms with Gasteiger partial charge >= 0.3 is 6.18 Å². The molecule has 1 aromatic heterocycles. The summed E-state index contributed by atoms with van der Waals surface area (Å²) >= 11 is 5.80. The minimum atomic E-state index is -4.32. The van der Waals surface area contributed by atoms with Crippen molar-refractivity contribution in [2.24, 2.45) is 7.05 Å². The summed E-state index contributed by atoms with van der Waals surface area (Å²) in [6.45, 7) is 0. The summed E-state index contributed by atoms with van der Waals surface area (Å²) in [5, 5.41) is 0.430. The van der Waals surface area contributed by atoms with Crippen LogP contribution >= 0.6 is 11.6 Å². The summed E-state index contributed by atoms with van der Waals surface area (Å²) in [5.74, 6) is 0.531. The molecular formula is C11H8ClF3N2. The van der Waals surface area contributed by atoms with E-state index in [2.05, 4.69) is 4.98 Å². The number of nitrogens with zero attached hydrogens (tertiary/aromatic N) is 2. The second-order valence-corrected chi connectivity index (χ2v) is 3.93. The van der Waals surface area contributed by atoms with Crippen LogP contribution in [-0.4, -0.2) is 9.55 Å². The molecule has 2 aromatic rings. The number of benzene rings is 1. The van der Waals surface area contributed by atoms with Crippen molar-refractivity contribution >= 4 is 11.6 Å². The lowest BCUT2D eigenvalue weighted by molar-refractivity contribution is -0.137. The molecule has 0 saturated heterocycles. The van der Waals surface area contributed by atoms with Crippen LogP contribution < -0.4 is 0 Å². The number of hydrogen-bond acceptors (Lipinski definition) is 1. The summed E-state index contributed by atoms with van der Waals surface area (Å²) in [6, 6.07) is 4.80. The summed E-state index contributed by atoms with van der Waals surface area (Å²) in [6.07, 6.45) is -2.87. The Balaban J connectivity index is 2.40. The standard InChI is InChI=1S/C11H8ClF3N2/c1-17-9(12)6-16-10(17)7-2-4-8(5-3-7)11(13,14)15/h2-6H,1H3. The number of aromatic nitrogens is 2. The van der Waals surface area contributed by atoms with Gasteiger partial charge in [0, 0.05) is 12.6 Å². The topological polar surface area (TPSA) is 17.8 Å². The molecule has 6 heteroatoms. The van der Waals surface area contributed by atoms with E-state index in [1.54, 1.807) is 11.6 Å². The lowest BCUT2D eigenvalue weighted by atomic mass is 10.1. The Bertz CT molecular complexity index is 529. The van der Waals surface area contributed by atoms with Crippen molar-refractivity contribution in [3.63, 3.8) is 0 Å². The quantitative estimate of drug-likeness (QED) is 0.763. The average molecular weight is 261 g/mol. The van der Waals surface area contributed by atoms with Gasteiger partial charge in [0.25, 0.3) is 0 Å². The largest absolute Gasteiger partial charge is 0.416 e. The zero-order chi connectivity index (χ0) is 12.6. The van der Waals surface area contributed by atoms with Gasteiger partial charge in [0.1, 0.15) is 11.0 Å². The van der Waals surface area contributed by atoms with Crippen LogP contribution in [0.25, 0.3) is 11.4 Å². The Morgan fingerprint density at radius 2 is 1.76 bits per heavy atom. The first-order valence-electron chi connectivity index (χ1n) is 4.74. The van der Waals surface area contributed by atoms with E-state index in [9.17, 15) is 13.2 Å². The fraction of sp³-hybridized carbons (Fsp3) is 0.182. The third kappa shape index (κ3) is 2.29. The monoisotopic (exact) mass is 260 g/mol. The van der Waals surface area contributed by atoms with Gasteiger partial charge in [-0.05, 0) is 12.1 Å². The average Bonchev–Trinajstić information content (AvgIpc) is 2.59. The number of hydrogen-bond donors (Lipinski definition) is 0. The molecule has 17 heavy (non-hydrogen) atoms. The van der Waals surface area contributed by atoms with E-state index < -0.39 is 11.7 Å². The van der Waals surface area contributed by atoms with Crippen molar-refractivity contribution in [1.82, 2.24) is 9.55 Å².